The van der Waals surface area contributed by atoms with Gasteiger partial charge in [0, 0.05) is 30.9 Å². The van der Waals surface area contributed by atoms with Crippen molar-refractivity contribution in [3.63, 3.8) is 0 Å². The van der Waals surface area contributed by atoms with Gasteiger partial charge in [-0.2, -0.15) is 0 Å². The van der Waals surface area contributed by atoms with Crippen molar-refractivity contribution in [3.8, 4) is 0 Å². The first kappa shape index (κ1) is 18.9. The van der Waals surface area contributed by atoms with Gasteiger partial charge in [-0.25, -0.2) is 4.79 Å². The fourth-order valence-electron chi connectivity index (χ4n) is 2.99. The van der Waals surface area contributed by atoms with E-state index in [0.29, 0.717) is 44.1 Å². The van der Waals surface area contributed by atoms with Gasteiger partial charge in [0.05, 0.1) is 13.2 Å². The molecule has 2 aromatic rings. The average molecular weight is 367 g/mol. The van der Waals surface area contributed by atoms with Crippen molar-refractivity contribution in [1.82, 2.24) is 10.2 Å². The van der Waals surface area contributed by atoms with Gasteiger partial charge in [-0.1, -0.05) is 35.9 Å². The number of rotatable bonds is 4. The number of hydrogen-bond acceptors (Lipinski definition) is 3. The lowest BCUT2D eigenvalue weighted by molar-refractivity contribution is 0.0302. The third kappa shape index (κ3) is 4.86. The third-order valence-corrected chi connectivity index (χ3v) is 4.68. The lowest BCUT2D eigenvalue weighted by Crippen LogP contribution is -2.41. The van der Waals surface area contributed by atoms with E-state index in [4.69, 9.17) is 4.74 Å². The van der Waals surface area contributed by atoms with Gasteiger partial charge in [-0.15, -0.1) is 0 Å². The second-order valence-electron chi connectivity index (χ2n) is 6.68. The molecule has 1 fully saturated rings. The van der Waals surface area contributed by atoms with Crippen LogP contribution < -0.4 is 10.6 Å². The second kappa shape index (κ2) is 8.68. The molecule has 3 amide bonds. The predicted molar refractivity (Wildman–Crippen MR) is 105 cm³/mol. The van der Waals surface area contributed by atoms with Crippen molar-refractivity contribution in [1.29, 1.82) is 0 Å². The zero-order valence-electron chi connectivity index (χ0n) is 15.7. The van der Waals surface area contributed by atoms with Crippen molar-refractivity contribution >= 4 is 17.6 Å². The monoisotopic (exact) mass is 367 g/mol. The molecular weight excluding hydrogens is 342 g/mol. The molecule has 1 saturated heterocycles. The maximum atomic E-state index is 12.7. The van der Waals surface area contributed by atoms with Gasteiger partial charge in [0.15, 0.2) is 0 Å². The van der Waals surface area contributed by atoms with E-state index in [2.05, 4.69) is 10.6 Å². The Morgan fingerprint density at radius 3 is 2.44 bits per heavy atom. The lowest BCUT2D eigenvalue weighted by atomic mass is 10.1. The summed E-state index contributed by atoms with van der Waals surface area (Å²) < 4.78 is 5.30. The Kier molecular flexibility index (Phi) is 6.08. The summed E-state index contributed by atoms with van der Waals surface area (Å²) in [6, 6.07) is 13.1. The van der Waals surface area contributed by atoms with E-state index in [9.17, 15) is 9.59 Å². The second-order valence-corrected chi connectivity index (χ2v) is 6.68. The molecular formula is C21H25N3O3. The summed E-state index contributed by atoms with van der Waals surface area (Å²) in [6.07, 6.45) is 0. The fraction of sp³-hybridized carbons (Fsp3) is 0.333. The van der Waals surface area contributed by atoms with E-state index in [0.717, 1.165) is 11.1 Å². The van der Waals surface area contributed by atoms with Gasteiger partial charge in [0.1, 0.15) is 0 Å². The topological polar surface area (TPSA) is 70.7 Å². The Balaban J connectivity index is 1.63. The lowest BCUT2D eigenvalue weighted by Gasteiger charge is -2.27. The number of carbonyl (C=O) groups excluding carboxylic acids is 2. The molecule has 0 bridgehead atoms. The Morgan fingerprint density at radius 2 is 1.74 bits per heavy atom. The number of nitrogens with zero attached hydrogens (tertiary/aromatic N) is 1. The van der Waals surface area contributed by atoms with Crippen LogP contribution in [0.1, 0.15) is 27.0 Å². The van der Waals surface area contributed by atoms with Crippen LogP contribution in [0.15, 0.2) is 42.5 Å². The normalized spacial score (nSPS) is 13.9. The van der Waals surface area contributed by atoms with Gasteiger partial charge in [-0.3, -0.25) is 4.79 Å². The van der Waals surface area contributed by atoms with Crippen molar-refractivity contribution < 1.29 is 14.3 Å². The zero-order valence-corrected chi connectivity index (χ0v) is 15.7. The quantitative estimate of drug-likeness (QED) is 0.872. The summed E-state index contributed by atoms with van der Waals surface area (Å²) in [6.45, 7) is 6.62. The number of carbonyl (C=O) groups is 2. The number of benzene rings is 2. The minimum atomic E-state index is -0.297. The minimum Gasteiger partial charge on any atom is -0.378 e. The summed E-state index contributed by atoms with van der Waals surface area (Å²) in [5.41, 5.74) is 4.22. The molecule has 0 unspecified atom stereocenters. The van der Waals surface area contributed by atoms with Crippen LogP contribution in [0.2, 0.25) is 0 Å². The number of morpholine rings is 1. The largest absolute Gasteiger partial charge is 0.378 e. The van der Waals surface area contributed by atoms with Gasteiger partial charge >= 0.3 is 6.03 Å². The molecule has 6 nitrogen and oxygen atoms in total. The van der Waals surface area contributed by atoms with Gasteiger partial charge in [-0.05, 0) is 37.1 Å². The Labute approximate surface area is 159 Å². The Bertz CT molecular complexity index is 812. The molecule has 1 heterocycles. The van der Waals surface area contributed by atoms with Crippen LogP contribution in [0.25, 0.3) is 0 Å². The van der Waals surface area contributed by atoms with E-state index in [-0.39, 0.29) is 11.9 Å². The molecule has 2 N–H and O–H groups in total. The predicted octanol–water partition coefficient (Wildman–Crippen LogP) is 3.10. The van der Waals surface area contributed by atoms with Crippen molar-refractivity contribution in [2.75, 3.05) is 31.6 Å². The first-order valence-electron chi connectivity index (χ1n) is 9.11. The van der Waals surface area contributed by atoms with Crippen LogP contribution in [0.4, 0.5) is 10.5 Å². The molecule has 1 aliphatic heterocycles. The highest BCUT2D eigenvalue weighted by Crippen LogP contribution is 2.21. The molecule has 0 atom stereocenters. The van der Waals surface area contributed by atoms with E-state index in [1.807, 2.05) is 38.1 Å². The Hall–Kier alpha value is -2.86. The highest BCUT2D eigenvalue weighted by atomic mass is 16.5. The van der Waals surface area contributed by atoms with Crippen LogP contribution in [0, 0.1) is 13.8 Å². The van der Waals surface area contributed by atoms with Crippen LogP contribution in [-0.4, -0.2) is 43.1 Å². The number of amides is 3. The van der Waals surface area contributed by atoms with Gasteiger partial charge in [0.2, 0.25) is 0 Å². The summed E-state index contributed by atoms with van der Waals surface area (Å²) in [5.74, 6) is -0.0282. The maximum Gasteiger partial charge on any atom is 0.319 e. The Morgan fingerprint density at radius 1 is 1.04 bits per heavy atom. The van der Waals surface area contributed by atoms with Crippen molar-refractivity contribution in [3.05, 3.63) is 64.7 Å². The van der Waals surface area contributed by atoms with E-state index in [1.54, 1.807) is 23.1 Å². The first-order valence-corrected chi connectivity index (χ1v) is 9.11. The average Bonchev–Trinajstić information content (AvgIpc) is 2.69. The molecule has 0 radical (unpaired) electrons. The first-order chi connectivity index (χ1) is 13.0. The van der Waals surface area contributed by atoms with Gasteiger partial charge < -0.3 is 20.3 Å². The van der Waals surface area contributed by atoms with Crippen LogP contribution >= 0.6 is 0 Å². The van der Waals surface area contributed by atoms with Gasteiger partial charge in [0.25, 0.3) is 5.91 Å². The van der Waals surface area contributed by atoms with E-state index >= 15 is 0 Å². The smallest absolute Gasteiger partial charge is 0.319 e. The van der Waals surface area contributed by atoms with Crippen LogP contribution in [0.5, 0.6) is 0 Å². The molecule has 0 saturated carbocycles. The highest BCUT2D eigenvalue weighted by molar-refractivity contribution is 5.99. The number of anilines is 1. The molecule has 6 heteroatoms. The van der Waals surface area contributed by atoms with Crippen LogP contribution in [0.3, 0.4) is 0 Å². The molecule has 1 aliphatic rings. The van der Waals surface area contributed by atoms with Crippen molar-refractivity contribution in [2.45, 2.75) is 20.4 Å². The number of nitrogens with one attached hydrogen (secondary N) is 2. The van der Waals surface area contributed by atoms with E-state index in [1.165, 1.54) is 5.56 Å². The molecule has 27 heavy (non-hydrogen) atoms. The molecule has 3 rings (SSSR count). The highest BCUT2D eigenvalue weighted by Gasteiger charge is 2.21. The third-order valence-electron chi connectivity index (χ3n) is 4.68. The summed E-state index contributed by atoms with van der Waals surface area (Å²) in [4.78, 5) is 26.8. The molecule has 0 aliphatic carbocycles. The maximum absolute atomic E-state index is 12.7. The number of ether oxygens (including phenoxy) is 1. The molecule has 0 aromatic heterocycles. The number of aryl methyl sites for hydroxylation is 1. The fourth-order valence-corrected chi connectivity index (χ4v) is 2.99. The summed E-state index contributed by atoms with van der Waals surface area (Å²) in [7, 11) is 0. The molecule has 2 aromatic carbocycles. The summed E-state index contributed by atoms with van der Waals surface area (Å²) in [5, 5.41) is 5.69. The van der Waals surface area contributed by atoms with Crippen molar-refractivity contribution in [2.24, 2.45) is 0 Å². The molecule has 142 valence electrons. The molecule has 0 spiro atoms. The van der Waals surface area contributed by atoms with Crippen LogP contribution in [-0.2, 0) is 11.3 Å². The van der Waals surface area contributed by atoms with E-state index < -0.39 is 0 Å². The minimum absolute atomic E-state index is 0.0282. The number of urea groups is 1. The number of hydrogen-bond donors (Lipinski definition) is 2. The summed E-state index contributed by atoms with van der Waals surface area (Å²) >= 11 is 0. The zero-order chi connectivity index (χ0) is 19.2. The standard InChI is InChI=1S/C21H25N3O3/c1-15-6-8-17(9-7-15)14-22-21(26)23-19-5-3-4-18(16(19)2)20(25)24-10-12-27-13-11-24/h3-9H,10-14H2,1-2H3,(H2,22,23,26). The SMILES string of the molecule is Cc1ccc(CNC(=O)Nc2cccc(C(=O)N3CCOCC3)c2C)cc1.